The van der Waals surface area contributed by atoms with Crippen molar-refractivity contribution in [1.82, 2.24) is 11.0 Å². The summed E-state index contributed by atoms with van der Waals surface area (Å²) in [6, 6.07) is 8.48. The third-order valence-electron chi connectivity index (χ3n) is 3.17. The number of nitrogens with one attached hydrogen (secondary N) is 2. The smallest absolute Gasteiger partial charge is 0.0882 e. The summed E-state index contributed by atoms with van der Waals surface area (Å²) in [6.45, 7) is 0. The molecule has 6 heteroatoms. The molecule has 0 radical (unpaired) electrons. The molecule has 20 heavy (non-hydrogen) atoms. The van der Waals surface area contributed by atoms with Gasteiger partial charge in [0.15, 0.2) is 0 Å². The van der Waals surface area contributed by atoms with E-state index >= 15 is 0 Å². The number of halogens is 1. The van der Waals surface area contributed by atoms with Crippen LogP contribution in [-0.4, -0.2) is 0 Å². The molecule has 4 rings (SSSR count). The van der Waals surface area contributed by atoms with Crippen LogP contribution in [0.3, 0.4) is 0 Å². The van der Waals surface area contributed by atoms with Crippen LogP contribution in [0.15, 0.2) is 45.7 Å². The lowest BCUT2D eigenvalue weighted by atomic mass is 10.1. The van der Waals surface area contributed by atoms with Gasteiger partial charge in [-0.05, 0) is 21.5 Å². The summed E-state index contributed by atoms with van der Waals surface area (Å²) in [4.78, 5) is 4.88. The van der Waals surface area contributed by atoms with E-state index in [0.717, 1.165) is 11.3 Å². The number of hydroxylamine groups is 2. The van der Waals surface area contributed by atoms with E-state index in [2.05, 4.69) is 61.9 Å². The molecule has 3 heterocycles. The summed E-state index contributed by atoms with van der Waals surface area (Å²) in [5, 5.41) is 4.37. The Morgan fingerprint density at radius 1 is 0.950 bits per heavy atom. The number of thiophene rings is 2. The molecule has 0 unspecified atom stereocenters. The van der Waals surface area contributed by atoms with Crippen molar-refractivity contribution in [2.75, 3.05) is 0 Å². The molecule has 0 atom stereocenters. The number of benzene rings is 1. The zero-order valence-corrected chi connectivity index (χ0v) is 13.4. The largest absolute Gasteiger partial charge is 0.247 e. The van der Waals surface area contributed by atoms with E-state index in [1.54, 1.807) is 28.9 Å². The average Bonchev–Trinajstić information content (AvgIpc) is 3.18. The highest BCUT2D eigenvalue weighted by atomic mass is 79.9. The zero-order valence-electron chi connectivity index (χ0n) is 10.1. The molecule has 1 aliphatic rings. The van der Waals surface area contributed by atoms with Gasteiger partial charge in [0, 0.05) is 26.4 Å². The summed E-state index contributed by atoms with van der Waals surface area (Å²) in [5.41, 5.74) is 10.0. The molecule has 100 valence electrons. The number of hydrogen-bond donors (Lipinski definition) is 2. The molecular weight excluding hydrogens is 356 g/mol. The maximum Gasteiger partial charge on any atom is 0.0882 e. The summed E-state index contributed by atoms with van der Waals surface area (Å²) in [6.07, 6.45) is 1.80. The molecule has 2 aromatic heterocycles. The van der Waals surface area contributed by atoms with E-state index < -0.39 is 0 Å². The van der Waals surface area contributed by atoms with E-state index in [1.165, 1.54) is 25.0 Å². The van der Waals surface area contributed by atoms with Crippen molar-refractivity contribution in [3.8, 4) is 11.1 Å². The van der Waals surface area contributed by atoms with Crippen LogP contribution in [0, 0.1) is 0 Å². The van der Waals surface area contributed by atoms with Gasteiger partial charge in [-0.2, -0.15) is 4.94 Å². The first-order valence-corrected chi connectivity index (χ1v) is 8.51. The molecule has 1 aliphatic heterocycles. The van der Waals surface area contributed by atoms with Crippen LogP contribution in [0.25, 0.3) is 26.2 Å². The Labute approximate surface area is 131 Å². The fourth-order valence-electron chi connectivity index (χ4n) is 2.17. The predicted octanol–water partition coefficient (Wildman–Crippen LogP) is 4.73. The molecule has 2 N–H and O–H groups in total. The molecule has 0 bridgehead atoms. The van der Waals surface area contributed by atoms with E-state index in [-0.39, 0.29) is 0 Å². The molecular formula is C14H9BrN2OS2. The minimum atomic E-state index is 0.936. The van der Waals surface area contributed by atoms with Crippen LogP contribution in [0.2, 0.25) is 0 Å². The van der Waals surface area contributed by atoms with Crippen LogP contribution >= 0.6 is 38.6 Å². The van der Waals surface area contributed by atoms with Gasteiger partial charge >= 0.3 is 0 Å². The topological polar surface area (TPSA) is 33.3 Å². The quantitative estimate of drug-likeness (QED) is 0.689. The lowest BCUT2D eigenvalue weighted by molar-refractivity contribution is 0.0375. The third kappa shape index (κ3) is 1.96. The highest BCUT2D eigenvalue weighted by Gasteiger charge is 2.12. The lowest BCUT2D eigenvalue weighted by Crippen LogP contribution is -2.09. The highest BCUT2D eigenvalue weighted by Crippen LogP contribution is 2.42. The van der Waals surface area contributed by atoms with Crippen molar-refractivity contribution < 1.29 is 4.94 Å². The summed E-state index contributed by atoms with van der Waals surface area (Å²) >= 11 is 7.16. The fraction of sp³-hybridized carbons (Fsp3) is 0. The molecule has 0 saturated carbocycles. The summed E-state index contributed by atoms with van der Waals surface area (Å²) in [5.74, 6) is 0. The molecule has 3 nitrogen and oxygen atoms in total. The summed E-state index contributed by atoms with van der Waals surface area (Å²) < 4.78 is 3.86. The number of fused-ring (bicyclic) bond motifs is 1. The van der Waals surface area contributed by atoms with Crippen molar-refractivity contribution in [3.05, 3.63) is 51.3 Å². The van der Waals surface area contributed by atoms with Gasteiger partial charge < -0.3 is 0 Å². The van der Waals surface area contributed by atoms with Crippen molar-refractivity contribution in [2.24, 2.45) is 0 Å². The SMILES string of the molecule is Brc1csc2c(-c3ccc(C4=CNON4)cc3)csc12. The normalized spacial score (nSPS) is 14.2. The van der Waals surface area contributed by atoms with Gasteiger partial charge in [-0.25, -0.2) is 11.0 Å². The summed E-state index contributed by atoms with van der Waals surface area (Å²) in [7, 11) is 0. The first kappa shape index (κ1) is 12.4. The minimum Gasteiger partial charge on any atom is -0.247 e. The minimum absolute atomic E-state index is 0.936. The Morgan fingerprint density at radius 2 is 1.70 bits per heavy atom. The van der Waals surface area contributed by atoms with Gasteiger partial charge in [0.2, 0.25) is 0 Å². The van der Waals surface area contributed by atoms with Crippen LogP contribution in [-0.2, 0) is 4.94 Å². The zero-order chi connectivity index (χ0) is 13.5. The molecule has 0 saturated heterocycles. The van der Waals surface area contributed by atoms with Crippen molar-refractivity contribution in [1.29, 1.82) is 0 Å². The maximum atomic E-state index is 4.88. The Bertz CT molecular complexity index is 804. The monoisotopic (exact) mass is 364 g/mol. The van der Waals surface area contributed by atoms with Gasteiger partial charge in [-0.3, -0.25) is 0 Å². The second-order valence-corrected chi connectivity index (χ2v) is 6.96. The van der Waals surface area contributed by atoms with Gasteiger partial charge in [0.1, 0.15) is 0 Å². The standard InChI is InChI=1S/C14H9BrN2OS2/c15-11-7-20-13-10(6-19-14(11)13)8-1-3-9(4-2-8)12-5-16-18-17-12/h1-7,16-17H. The van der Waals surface area contributed by atoms with Crippen LogP contribution in [0.4, 0.5) is 0 Å². The fourth-order valence-corrected chi connectivity index (χ4v) is 5.23. The Balaban J connectivity index is 1.75. The number of hydrogen-bond acceptors (Lipinski definition) is 5. The average molecular weight is 365 g/mol. The van der Waals surface area contributed by atoms with Gasteiger partial charge in [-0.15, -0.1) is 22.7 Å². The van der Waals surface area contributed by atoms with Crippen molar-refractivity contribution in [3.63, 3.8) is 0 Å². The van der Waals surface area contributed by atoms with E-state index in [9.17, 15) is 0 Å². The van der Waals surface area contributed by atoms with Gasteiger partial charge in [-0.1, -0.05) is 24.3 Å². The molecule has 1 aromatic carbocycles. The highest BCUT2D eigenvalue weighted by molar-refractivity contribution is 9.10. The first-order valence-electron chi connectivity index (χ1n) is 5.95. The van der Waals surface area contributed by atoms with Crippen LogP contribution in [0.5, 0.6) is 0 Å². The molecule has 0 amide bonds. The van der Waals surface area contributed by atoms with E-state index in [0.29, 0.717) is 0 Å². The van der Waals surface area contributed by atoms with Crippen molar-refractivity contribution >= 4 is 53.7 Å². The first-order chi connectivity index (χ1) is 9.83. The lowest BCUT2D eigenvalue weighted by Gasteiger charge is -2.03. The second kappa shape index (κ2) is 4.89. The second-order valence-electron chi connectivity index (χ2n) is 4.35. The van der Waals surface area contributed by atoms with Gasteiger partial charge in [0.05, 0.1) is 21.3 Å². The molecule has 3 aromatic rings. The molecule has 0 aliphatic carbocycles. The molecule has 0 spiro atoms. The molecule has 0 fully saturated rings. The van der Waals surface area contributed by atoms with Gasteiger partial charge in [0.25, 0.3) is 0 Å². The Kier molecular flexibility index (Phi) is 3.03. The predicted molar refractivity (Wildman–Crippen MR) is 88.2 cm³/mol. The Hall–Kier alpha value is -1.34. The Morgan fingerprint density at radius 3 is 2.45 bits per heavy atom. The van der Waals surface area contributed by atoms with Crippen molar-refractivity contribution in [2.45, 2.75) is 0 Å². The van der Waals surface area contributed by atoms with E-state index in [1.807, 2.05) is 0 Å². The van der Waals surface area contributed by atoms with Crippen LogP contribution in [0.1, 0.15) is 5.56 Å². The van der Waals surface area contributed by atoms with E-state index in [4.69, 9.17) is 4.94 Å². The number of rotatable bonds is 2. The maximum absolute atomic E-state index is 4.88. The third-order valence-corrected chi connectivity index (χ3v) is 6.52. The van der Waals surface area contributed by atoms with Crippen LogP contribution < -0.4 is 11.0 Å².